The average Bonchev–Trinajstić information content (AvgIpc) is 3.14. The molecule has 1 amide bonds. The van der Waals surface area contributed by atoms with Crippen LogP contribution in [0.15, 0.2) is 24.3 Å². The van der Waals surface area contributed by atoms with E-state index in [0.29, 0.717) is 11.6 Å². The molecule has 0 saturated heterocycles. The van der Waals surface area contributed by atoms with Crippen molar-refractivity contribution in [3.63, 3.8) is 0 Å². The molecule has 0 bridgehead atoms. The molecule has 0 unspecified atom stereocenters. The summed E-state index contributed by atoms with van der Waals surface area (Å²) in [5, 5.41) is 6.00. The van der Waals surface area contributed by atoms with Crippen LogP contribution in [0.3, 0.4) is 0 Å². The third-order valence-corrected chi connectivity index (χ3v) is 3.43. The molecule has 0 aliphatic heterocycles. The van der Waals surface area contributed by atoms with E-state index in [9.17, 15) is 9.18 Å². The summed E-state index contributed by atoms with van der Waals surface area (Å²) in [5.74, 6) is 0.271. The summed E-state index contributed by atoms with van der Waals surface area (Å²) in [4.78, 5) is 11.7. The summed E-state index contributed by atoms with van der Waals surface area (Å²) in [7, 11) is 0. The Balaban J connectivity index is 1.80. The molecule has 4 heteroatoms. The number of halogens is 1. The van der Waals surface area contributed by atoms with Crippen molar-refractivity contribution in [1.29, 1.82) is 0 Å². The van der Waals surface area contributed by atoms with Crippen LogP contribution < -0.4 is 10.6 Å². The number of anilines is 1. The van der Waals surface area contributed by atoms with Crippen LogP contribution in [0.25, 0.3) is 0 Å². The summed E-state index contributed by atoms with van der Waals surface area (Å²) in [6, 6.07) is 5.77. The van der Waals surface area contributed by atoms with Crippen LogP contribution in [0.4, 0.5) is 10.1 Å². The third-order valence-electron chi connectivity index (χ3n) is 3.43. The first-order valence-corrected chi connectivity index (χ1v) is 6.28. The zero-order chi connectivity index (χ0) is 13.2. The number of hydrogen-bond acceptors (Lipinski definition) is 2. The van der Waals surface area contributed by atoms with E-state index in [1.807, 2.05) is 0 Å². The third kappa shape index (κ3) is 3.53. The Morgan fingerprint density at radius 3 is 2.50 bits per heavy atom. The fraction of sp³-hybridized carbons (Fsp3) is 0.500. The van der Waals surface area contributed by atoms with E-state index in [0.717, 1.165) is 0 Å². The van der Waals surface area contributed by atoms with Crippen molar-refractivity contribution in [2.45, 2.75) is 32.2 Å². The van der Waals surface area contributed by atoms with Crippen molar-refractivity contribution >= 4 is 11.6 Å². The minimum Gasteiger partial charge on any atom is -0.325 e. The number of carbonyl (C=O) groups excluding carboxylic acids is 1. The van der Waals surface area contributed by atoms with Gasteiger partial charge in [0.1, 0.15) is 5.82 Å². The molecule has 1 saturated carbocycles. The predicted octanol–water partition coefficient (Wildman–Crippen LogP) is 2.54. The monoisotopic (exact) mass is 250 g/mol. The zero-order valence-corrected chi connectivity index (χ0v) is 10.8. The number of hydrogen-bond donors (Lipinski definition) is 2. The normalized spacial score (nSPS) is 15.5. The number of rotatable bonds is 5. The number of benzene rings is 1. The standard InChI is InChI=1S/C14H19FN2O/c1-14(2,10-3-4-10)16-9-13(18)17-12-7-5-11(15)6-8-12/h5-8,10,16H,3-4,9H2,1-2H3,(H,17,18). The summed E-state index contributed by atoms with van der Waals surface area (Å²) in [6.45, 7) is 4.52. The fourth-order valence-corrected chi connectivity index (χ4v) is 2.00. The maximum atomic E-state index is 12.7. The molecule has 1 aromatic rings. The van der Waals surface area contributed by atoms with E-state index in [4.69, 9.17) is 0 Å². The van der Waals surface area contributed by atoms with Gasteiger partial charge in [0.05, 0.1) is 6.54 Å². The number of nitrogens with one attached hydrogen (secondary N) is 2. The second-order valence-electron chi connectivity index (χ2n) is 5.40. The second kappa shape index (κ2) is 5.06. The van der Waals surface area contributed by atoms with Gasteiger partial charge in [-0.05, 0) is 56.9 Å². The molecule has 0 aromatic heterocycles. The van der Waals surface area contributed by atoms with Gasteiger partial charge in [0.2, 0.25) is 5.91 Å². The summed E-state index contributed by atoms with van der Waals surface area (Å²) >= 11 is 0. The first-order chi connectivity index (χ1) is 8.47. The first kappa shape index (κ1) is 13.0. The number of amides is 1. The van der Waals surface area contributed by atoms with Gasteiger partial charge in [0.25, 0.3) is 0 Å². The predicted molar refractivity (Wildman–Crippen MR) is 69.8 cm³/mol. The molecule has 2 rings (SSSR count). The van der Waals surface area contributed by atoms with Crippen molar-refractivity contribution in [3.8, 4) is 0 Å². The van der Waals surface area contributed by atoms with Crippen molar-refractivity contribution < 1.29 is 9.18 Å². The Morgan fingerprint density at radius 1 is 1.33 bits per heavy atom. The van der Waals surface area contributed by atoms with Crippen LogP contribution in [-0.4, -0.2) is 18.0 Å². The van der Waals surface area contributed by atoms with E-state index in [1.54, 1.807) is 12.1 Å². The topological polar surface area (TPSA) is 41.1 Å². The summed E-state index contributed by atoms with van der Waals surface area (Å²) < 4.78 is 12.7. The molecule has 3 nitrogen and oxygen atoms in total. The average molecular weight is 250 g/mol. The van der Waals surface area contributed by atoms with Gasteiger partial charge in [0, 0.05) is 11.2 Å². The van der Waals surface area contributed by atoms with E-state index in [-0.39, 0.29) is 23.8 Å². The molecule has 0 heterocycles. The molecule has 1 aromatic carbocycles. The Bertz CT molecular complexity index is 424. The molecule has 1 fully saturated rings. The summed E-state index contributed by atoms with van der Waals surface area (Å²) in [6.07, 6.45) is 2.47. The highest BCUT2D eigenvalue weighted by Gasteiger charge is 2.37. The van der Waals surface area contributed by atoms with E-state index < -0.39 is 0 Å². The largest absolute Gasteiger partial charge is 0.325 e. The lowest BCUT2D eigenvalue weighted by atomic mass is 9.99. The Hall–Kier alpha value is -1.42. The quantitative estimate of drug-likeness (QED) is 0.843. The van der Waals surface area contributed by atoms with Crippen molar-refractivity contribution in [3.05, 3.63) is 30.1 Å². The van der Waals surface area contributed by atoms with Crippen LogP contribution in [0.1, 0.15) is 26.7 Å². The molecule has 0 spiro atoms. The van der Waals surface area contributed by atoms with E-state index in [2.05, 4.69) is 24.5 Å². The highest BCUT2D eigenvalue weighted by Crippen LogP contribution is 2.38. The smallest absolute Gasteiger partial charge is 0.238 e. The zero-order valence-electron chi connectivity index (χ0n) is 10.8. The second-order valence-corrected chi connectivity index (χ2v) is 5.40. The van der Waals surface area contributed by atoms with Gasteiger partial charge in [-0.2, -0.15) is 0 Å². The SMILES string of the molecule is CC(C)(NCC(=O)Nc1ccc(F)cc1)C1CC1. The van der Waals surface area contributed by atoms with Crippen LogP contribution in [0.5, 0.6) is 0 Å². The van der Waals surface area contributed by atoms with Gasteiger partial charge in [-0.15, -0.1) is 0 Å². The lowest BCUT2D eigenvalue weighted by Gasteiger charge is -2.25. The minimum atomic E-state index is -0.305. The molecule has 1 aliphatic carbocycles. The van der Waals surface area contributed by atoms with Gasteiger partial charge >= 0.3 is 0 Å². The summed E-state index contributed by atoms with van der Waals surface area (Å²) in [5.41, 5.74) is 0.632. The van der Waals surface area contributed by atoms with Crippen molar-refractivity contribution in [2.75, 3.05) is 11.9 Å². The van der Waals surface area contributed by atoms with E-state index in [1.165, 1.54) is 25.0 Å². The molecule has 0 radical (unpaired) electrons. The Labute approximate surface area is 107 Å². The molecule has 18 heavy (non-hydrogen) atoms. The highest BCUT2D eigenvalue weighted by atomic mass is 19.1. The van der Waals surface area contributed by atoms with Gasteiger partial charge in [-0.1, -0.05) is 0 Å². The lowest BCUT2D eigenvalue weighted by molar-refractivity contribution is -0.115. The van der Waals surface area contributed by atoms with Gasteiger partial charge in [-0.3, -0.25) is 4.79 Å². The molecule has 2 N–H and O–H groups in total. The van der Waals surface area contributed by atoms with Gasteiger partial charge in [0.15, 0.2) is 0 Å². The Morgan fingerprint density at radius 2 is 1.94 bits per heavy atom. The molecule has 0 atom stereocenters. The fourth-order valence-electron chi connectivity index (χ4n) is 2.00. The number of carbonyl (C=O) groups is 1. The molecule has 1 aliphatic rings. The highest BCUT2D eigenvalue weighted by molar-refractivity contribution is 5.92. The van der Waals surface area contributed by atoms with Crippen molar-refractivity contribution in [2.24, 2.45) is 5.92 Å². The molecular weight excluding hydrogens is 231 g/mol. The van der Waals surface area contributed by atoms with Gasteiger partial charge < -0.3 is 10.6 Å². The maximum absolute atomic E-state index is 12.7. The van der Waals surface area contributed by atoms with Crippen LogP contribution >= 0.6 is 0 Å². The van der Waals surface area contributed by atoms with Crippen LogP contribution in [-0.2, 0) is 4.79 Å². The molecule has 98 valence electrons. The van der Waals surface area contributed by atoms with Crippen LogP contribution in [0.2, 0.25) is 0 Å². The minimum absolute atomic E-state index is 0.0140. The first-order valence-electron chi connectivity index (χ1n) is 6.28. The van der Waals surface area contributed by atoms with Crippen molar-refractivity contribution in [1.82, 2.24) is 5.32 Å². The van der Waals surface area contributed by atoms with Crippen LogP contribution in [0, 0.1) is 11.7 Å². The molecular formula is C14H19FN2O. The van der Waals surface area contributed by atoms with Gasteiger partial charge in [-0.25, -0.2) is 4.39 Å². The Kier molecular flexibility index (Phi) is 3.66. The van der Waals surface area contributed by atoms with E-state index >= 15 is 0 Å². The maximum Gasteiger partial charge on any atom is 0.238 e. The lowest BCUT2D eigenvalue weighted by Crippen LogP contribution is -2.45.